The summed E-state index contributed by atoms with van der Waals surface area (Å²) in [6, 6.07) is 6.41. The number of hydrogen-bond acceptors (Lipinski definition) is 3. The van der Waals surface area contributed by atoms with Gasteiger partial charge in [0.1, 0.15) is 5.82 Å². The number of hydrogen-bond donors (Lipinski definition) is 2. The minimum atomic E-state index is 0.796. The number of benzene rings is 1. The van der Waals surface area contributed by atoms with Gasteiger partial charge in [-0.3, -0.25) is 5.10 Å². The van der Waals surface area contributed by atoms with Gasteiger partial charge in [0.2, 0.25) is 0 Å². The van der Waals surface area contributed by atoms with Crippen molar-refractivity contribution in [3.63, 3.8) is 0 Å². The molecule has 2 N–H and O–H groups in total. The standard InChI is InChI=1S/C13H16N4/c1-2-3-12-15-13(17-16-12)10-5-4-9-6-7-14-11(9)8-10/h4-5,8,14H,2-3,6-7H2,1H3,(H,15,16,17). The third-order valence-electron chi connectivity index (χ3n) is 3.10. The van der Waals surface area contributed by atoms with E-state index in [0.29, 0.717) is 0 Å². The number of rotatable bonds is 3. The first kappa shape index (κ1) is 10.3. The Morgan fingerprint density at radius 3 is 3.18 bits per heavy atom. The smallest absolute Gasteiger partial charge is 0.181 e. The van der Waals surface area contributed by atoms with Gasteiger partial charge in [-0.25, -0.2) is 4.98 Å². The van der Waals surface area contributed by atoms with E-state index in [0.717, 1.165) is 43.0 Å². The fourth-order valence-electron chi connectivity index (χ4n) is 2.20. The maximum atomic E-state index is 4.50. The summed E-state index contributed by atoms with van der Waals surface area (Å²) in [4.78, 5) is 4.50. The second kappa shape index (κ2) is 4.20. The molecule has 1 aliphatic rings. The van der Waals surface area contributed by atoms with Gasteiger partial charge in [0.05, 0.1) is 0 Å². The van der Waals surface area contributed by atoms with Gasteiger partial charge in [-0.15, -0.1) is 0 Å². The Balaban J connectivity index is 1.92. The van der Waals surface area contributed by atoms with E-state index in [4.69, 9.17) is 0 Å². The number of aromatic nitrogens is 3. The molecule has 88 valence electrons. The highest BCUT2D eigenvalue weighted by Crippen LogP contribution is 2.27. The molecule has 0 amide bonds. The largest absolute Gasteiger partial charge is 0.384 e. The minimum Gasteiger partial charge on any atom is -0.384 e. The molecule has 0 fully saturated rings. The van der Waals surface area contributed by atoms with Crippen molar-refractivity contribution in [2.45, 2.75) is 26.2 Å². The molecule has 3 rings (SSSR count). The lowest BCUT2D eigenvalue weighted by Crippen LogP contribution is -1.91. The van der Waals surface area contributed by atoms with Crippen LogP contribution in [0.4, 0.5) is 5.69 Å². The fourth-order valence-corrected chi connectivity index (χ4v) is 2.20. The highest BCUT2D eigenvalue weighted by molar-refractivity contribution is 5.67. The Kier molecular flexibility index (Phi) is 2.55. The van der Waals surface area contributed by atoms with Crippen molar-refractivity contribution in [3.05, 3.63) is 29.6 Å². The van der Waals surface area contributed by atoms with Crippen molar-refractivity contribution in [1.29, 1.82) is 0 Å². The average Bonchev–Trinajstić information content (AvgIpc) is 2.96. The van der Waals surface area contributed by atoms with Gasteiger partial charge in [0.15, 0.2) is 5.82 Å². The van der Waals surface area contributed by atoms with Crippen LogP contribution in [0.5, 0.6) is 0 Å². The van der Waals surface area contributed by atoms with E-state index in [2.05, 4.69) is 45.6 Å². The molecule has 17 heavy (non-hydrogen) atoms. The van der Waals surface area contributed by atoms with Crippen LogP contribution in [0.1, 0.15) is 24.7 Å². The molecule has 0 spiro atoms. The summed E-state index contributed by atoms with van der Waals surface area (Å²) in [5.74, 6) is 1.76. The summed E-state index contributed by atoms with van der Waals surface area (Å²) in [6.45, 7) is 3.18. The van der Waals surface area contributed by atoms with Gasteiger partial charge in [-0.1, -0.05) is 19.1 Å². The zero-order valence-corrected chi connectivity index (χ0v) is 9.95. The van der Waals surface area contributed by atoms with Gasteiger partial charge in [0.25, 0.3) is 0 Å². The van der Waals surface area contributed by atoms with Crippen molar-refractivity contribution in [2.24, 2.45) is 0 Å². The monoisotopic (exact) mass is 228 g/mol. The highest BCUT2D eigenvalue weighted by atomic mass is 15.2. The zero-order valence-electron chi connectivity index (χ0n) is 9.95. The first-order valence-corrected chi connectivity index (χ1v) is 6.15. The summed E-state index contributed by atoms with van der Waals surface area (Å²) in [7, 11) is 0. The quantitative estimate of drug-likeness (QED) is 0.848. The van der Waals surface area contributed by atoms with Crippen molar-refractivity contribution in [2.75, 3.05) is 11.9 Å². The zero-order chi connectivity index (χ0) is 11.7. The number of nitrogens with zero attached hydrogens (tertiary/aromatic N) is 2. The van der Waals surface area contributed by atoms with Crippen LogP contribution in [0.2, 0.25) is 0 Å². The Hall–Kier alpha value is -1.84. The van der Waals surface area contributed by atoms with E-state index in [1.54, 1.807) is 0 Å². The number of fused-ring (bicyclic) bond motifs is 1. The van der Waals surface area contributed by atoms with E-state index in [9.17, 15) is 0 Å². The van der Waals surface area contributed by atoms with Crippen LogP contribution in [0, 0.1) is 0 Å². The van der Waals surface area contributed by atoms with Crippen LogP contribution >= 0.6 is 0 Å². The molecular weight excluding hydrogens is 212 g/mol. The molecule has 0 bridgehead atoms. The van der Waals surface area contributed by atoms with E-state index in [1.165, 1.54) is 11.3 Å². The highest BCUT2D eigenvalue weighted by Gasteiger charge is 2.12. The molecule has 0 atom stereocenters. The maximum absolute atomic E-state index is 4.50. The third kappa shape index (κ3) is 1.90. The first-order chi connectivity index (χ1) is 8.36. The summed E-state index contributed by atoms with van der Waals surface area (Å²) in [6.07, 6.45) is 3.15. The predicted molar refractivity (Wildman–Crippen MR) is 68.0 cm³/mol. The average molecular weight is 228 g/mol. The fraction of sp³-hybridized carbons (Fsp3) is 0.385. The van der Waals surface area contributed by atoms with Crippen LogP contribution in [-0.2, 0) is 12.8 Å². The lowest BCUT2D eigenvalue weighted by molar-refractivity contribution is 0.841. The van der Waals surface area contributed by atoms with Crippen LogP contribution < -0.4 is 5.32 Å². The predicted octanol–water partition coefficient (Wildman–Crippen LogP) is 2.39. The molecule has 0 saturated carbocycles. The van der Waals surface area contributed by atoms with Crippen molar-refractivity contribution >= 4 is 5.69 Å². The normalized spacial score (nSPS) is 13.5. The number of nitrogens with one attached hydrogen (secondary N) is 2. The number of aryl methyl sites for hydroxylation is 1. The lowest BCUT2D eigenvalue weighted by Gasteiger charge is -2.01. The van der Waals surface area contributed by atoms with Crippen LogP contribution in [-0.4, -0.2) is 21.7 Å². The Bertz CT molecular complexity index is 530. The molecule has 0 saturated heterocycles. The molecule has 1 aliphatic heterocycles. The summed E-state index contributed by atoms with van der Waals surface area (Å²) in [5, 5.41) is 10.6. The number of aromatic amines is 1. The van der Waals surface area contributed by atoms with E-state index in [1.807, 2.05) is 0 Å². The molecule has 0 unspecified atom stereocenters. The Labute approximate surface area is 100 Å². The molecular formula is C13H16N4. The van der Waals surface area contributed by atoms with Gasteiger partial charge >= 0.3 is 0 Å². The summed E-state index contributed by atoms with van der Waals surface area (Å²) >= 11 is 0. The van der Waals surface area contributed by atoms with E-state index >= 15 is 0 Å². The molecule has 2 heterocycles. The third-order valence-corrected chi connectivity index (χ3v) is 3.10. The maximum Gasteiger partial charge on any atom is 0.181 e. The molecule has 2 aromatic rings. The Morgan fingerprint density at radius 1 is 1.35 bits per heavy atom. The van der Waals surface area contributed by atoms with Gasteiger partial charge < -0.3 is 5.32 Å². The van der Waals surface area contributed by atoms with Gasteiger partial charge in [0, 0.05) is 24.2 Å². The molecule has 0 aliphatic carbocycles. The van der Waals surface area contributed by atoms with Gasteiger partial charge in [-0.05, 0) is 24.5 Å². The van der Waals surface area contributed by atoms with Crippen molar-refractivity contribution in [1.82, 2.24) is 15.2 Å². The van der Waals surface area contributed by atoms with Gasteiger partial charge in [-0.2, -0.15) is 5.10 Å². The second-order valence-corrected chi connectivity index (χ2v) is 4.40. The SMILES string of the molecule is CCCc1nc(-c2ccc3c(c2)NCC3)n[nH]1. The molecule has 0 radical (unpaired) electrons. The summed E-state index contributed by atoms with van der Waals surface area (Å²) in [5.41, 5.74) is 3.69. The second-order valence-electron chi connectivity index (χ2n) is 4.40. The van der Waals surface area contributed by atoms with E-state index in [-0.39, 0.29) is 0 Å². The van der Waals surface area contributed by atoms with Crippen molar-refractivity contribution in [3.8, 4) is 11.4 Å². The summed E-state index contributed by atoms with van der Waals surface area (Å²) < 4.78 is 0. The molecule has 4 nitrogen and oxygen atoms in total. The molecule has 4 heteroatoms. The lowest BCUT2D eigenvalue weighted by atomic mass is 10.1. The Morgan fingerprint density at radius 2 is 2.29 bits per heavy atom. The number of anilines is 1. The van der Waals surface area contributed by atoms with E-state index < -0.39 is 0 Å². The van der Waals surface area contributed by atoms with Crippen LogP contribution in [0.15, 0.2) is 18.2 Å². The molecule has 1 aromatic heterocycles. The minimum absolute atomic E-state index is 0.796. The first-order valence-electron chi connectivity index (χ1n) is 6.15. The topological polar surface area (TPSA) is 53.6 Å². The number of H-pyrrole nitrogens is 1. The van der Waals surface area contributed by atoms with Crippen LogP contribution in [0.3, 0.4) is 0 Å². The molecule has 1 aromatic carbocycles. The van der Waals surface area contributed by atoms with Crippen LogP contribution in [0.25, 0.3) is 11.4 Å². The van der Waals surface area contributed by atoms with Crippen molar-refractivity contribution < 1.29 is 0 Å².